The Morgan fingerprint density at radius 1 is 1.29 bits per heavy atom. The fourth-order valence-corrected chi connectivity index (χ4v) is 3.18. The molecule has 0 fully saturated rings. The molecule has 0 saturated heterocycles. The summed E-state index contributed by atoms with van der Waals surface area (Å²) in [6.45, 7) is 0. The number of halogens is 1. The maximum atomic E-state index is 10.7. The number of aldehydes is 1. The lowest BCUT2D eigenvalue weighted by molar-refractivity contribution is -0.384. The number of nitro benzene ring substituents is 1. The SMILES string of the molecule is CNC(=O)SCC=O.O=[N+]([O-])c1ccc(Oc2ccc3c(c2)CCC3)c(Cl)c1. The normalized spacial score (nSPS) is 11.6. The van der Waals surface area contributed by atoms with E-state index >= 15 is 0 Å². The number of amides is 1. The Hall–Kier alpha value is -2.58. The molecule has 1 amide bonds. The summed E-state index contributed by atoms with van der Waals surface area (Å²) in [6, 6.07) is 10.2. The molecule has 28 heavy (non-hydrogen) atoms. The van der Waals surface area contributed by atoms with Crippen LogP contribution in [0.2, 0.25) is 5.02 Å². The van der Waals surface area contributed by atoms with Gasteiger partial charge in [0.15, 0.2) is 0 Å². The molecule has 2 aromatic carbocycles. The fraction of sp³-hybridized carbons (Fsp3) is 0.263. The molecule has 0 bridgehead atoms. The number of nitro groups is 1. The van der Waals surface area contributed by atoms with E-state index in [1.807, 2.05) is 12.1 Å². The van der Waals surface area contributed by atoms with Gasteiger partial charge in [0.25, 0.3) is 10.9 Å². The first-order valence-electron chi connectivity index (χ1n) is 8.46. The molecule has 2 aromatic rings. The van der Waals surface area contributed by atoms with Crippen LogP contribution < -0.4 is 10.1 Å². The van der Waals surface area contributed by atoms with Gasteiger partial charge in [-0.3, -0.25) is 14.9 Å². The van der Waals surface area contributed by atoms with Crippen molar-refractivity contribution in [2.24, 2.45) is 0 Å². The van der Waals surface area contributed by atoms with Crippen molar-refractivity contribution in [3.8, 4) is 11.5 Å². The number of rotatable bonds is 5. The maximum absolute atomic E-state index is 10.7. The van der Waals surface area contributed by atoms with Crippen LogP contribution in [0.5, 0.6) is 11.5 Å². The third kappa shape index (κ3) is 6.24. The lowest BCUT2D eigenvalue weighted by atomic mass is 10.1. The van der Waals surface area contributed by atoms with E-state index in [0.29, 0.717) is 17.8 Å². The molecule has 0 unspecified atom stereocenters. The number of non-ortho nitro benzene ring substituents is 1. The van der Waals surface area contributed by atoms with Crippen LogP contribution in [0.4, 0.5) is 10.5 Å². The summed E-state index contributed by atoms with van der Waals surface area (Å²) in [5.74, 6) is 1.37. The Morgan fingerprint density at radius 3 is 2.68 bits per heavy atom. The summed E-state index contributed by atoms with van der Waals surface area (Å²) in [5.41, 5.74) is 2.63. The third-order valence-corrected chi connectivity index (χ3v) is 4.98. The molecular formula is C19H19ClN2O5S. The minimum absolute atomic E-state index is 0.0451. The maximum Gasteiger partial charge on any atom is 0.279 e. The molecule has 7 nitrogen and oxygen atoms in total. The number of ether oxygens (including phenoxy) is 1. The van der Waals surface area contributed by atoms with Gasteiger partial charge in [-0.25, -0.2) is 0 Å². The van der Waals surface area contributed by atoms with Crippen LogP contribution in [0.25, 0.3) is 0 Å². The van der Waals surface area contributed by atoms with Crippen molar-refractivity contribution in [2.45, 2.75) is 19.3 Å². The van der Waals surface area contributed by atoms with Gasteiger partial charge in [0.1, 0.15) is 17.8 Å². The number of hydrogen-bond donors (Lipinski definition) is 1. The van der Waals surface area contributed by atoms with Crippen molar-refractivity contribution < 1.29 is 19.2 Å². The van der Waals surface area contributed by atoms with E-state index in [0.717, 1.165) is 24.6 Å². The second-order valence-corrected chi connectivity index (χ2v) is 7.17. The minimum Gasteiger partial charge on any atom is -0.456 e. The molecule has 0 aromatic heterocycles. The number of carbonyl (C=O) groups excluding carboxylic acids is 2. The number of fused-ring (bicyclic) bond motifs is 1. The molecule has 0 radical (unpaired) electrons. The molecular weight excluding hydrogens is 404 g/mol. The van der Waals surface area contributed by atoms with Crippen LogP contribution in [-0.4, -0.2) is 29.2 Å². The highest BCUT2D eigenvalue weighted by atomic mass is 35.5. The standard InChI is InChI=1S/C15H12ClNO3.C4H7NO2S/c16-14-9-12(17(18)19)5-7-15(14)20-13-6-4-10-2-1-3-11(10)8-13;1-5-4(7)8-3-2-6/h4-9H,1-3H2;2H,3H2,1H3,(H,5,7). The largest absolute Gasteiger partial charge is 0.456 e. The highest BCUT2D eigenvalue weighted by Gasteiger charge is 2.14. The Morgan fingerprint density at radius 2 is 2.04 bits per heavy atom. The number of hydrogen-bond acceptors (Lipinski definition) is 6. The van der Waals surface area contributed by atoms with Gasteiger partial charge in [0.2, 0.25) is 0 Å². The quantitative estimate of drug-likeness (QED) is 0.422. The lowest BCUT2D eigenvalue weighted by Crippen LogP contribution is -2.11. The topological polar surface area (TPSA) is 98.5 Å². The summed E-state index contributed by atoms with van der Waals surface area (Å²) in [6.07, 6.45) is 4.06. The summed E-state index contributed by atoms with van der Waals surface area (Å²) in [4.78, 5) is 30.1. The van der Waals surface area contributed by atoms with Gasteiger partial charge < -0.3 is 14.8 Å². The highest BCUT2D eigenvalue weighted by molar-refractivity contribution is 8.14. The van der Waals surface area contributed by atoms with Crippen molar-refractivity contribution >= 4 is 40.6 Å². The zero-order valence-electron chi connectivity index (χ0n) is 15.1. The Labute approximate surface area is 171 Å². The van der Waals surface area contributed by atoms with Crippen LogP contribution in [0.1, 0.15) is 17.5 Å². The van der Waals surface area contributed by atoms with Gasteiger partial charge in [-0.05, 0) is 48.6 Å². The molecule has 9 heteroatoms. The first-order valence-corrected chi connectivity index (χ1v) is 9.82. The van der Waals surface area contributed by atoms with Crippen molar-refractivity contribution in [1.29, 1.82) is 0 Å². The van der Waals surface area contributed by atoms with E-state index in [9.17, 15) is 19.7 Å². The molecule has 1 N–H and O–H groups in total. The second-order valence-electron chi connectivity index (χ2n) is 5.77. The Kier molecular flexibility index (Phi) is 8.28. The molecule has 148 valence electrons. The van der Waals surface area contributed by atoms with E-state index in [-0.39, 0.29) is 21.7 Å². The van der Waals surface area contributed by atoms with Gasteiger partial charge in [-0.1, -0.05) is 29.4 Å². The van der Waals surface area contributed by atoms with Crippen LogP contribution in [0.3, 0.4) is 0 Å². The fourth-order valence-electron chi connectivity index (χ4n) is 2.61. The van der Waals surface area contributed by atoms with E-state index in [2.05, 4.69) is 11.4 Å². The summed E-state index contributed by atoms with van der Waals surface area (Å²) >= 11 is 6.97. The van der Waals surface area contributed by atoms with E-state index in [4.69, 9.17) is 16.3 Å². The average molecular weight is 423 g/mol. The number of nitrogens with one attached hydrogen (secondary N) is 1. The smallest absolute Gasteiger partial charge is 0.279 e. The molecule has 0 aliphatic heterocycles. The predicted octanol–water partition coefficient (Wildman–Crippen LogP) is 4.79. The van der Waals surface area contributed by atoms with Gasteiger partial charge in [-0.2, -0.15) is 0 Å². The summed E-state index contributed by atoms with van der Waals surface area (Å²) in [5, 5.41) is 13.1. The van der Waals surface area contributed by atoms with Crippen molar-refractivity contribution in [3.63, 3.8) is 0 Å². The van der Waals surface area contributed by atoms with Crippen molar-refractivity contribution in [2.75, 3.05) is 12.8 Å². The van der Waals surface area contributed by atoms with Gasteiger partial charge >= 0.3 is 0 Å². The number of thioether (sulfide) groups is 1. The zero-order valence-corrected chi connectivity index (χ0v) is 16.7. The van der Waals surface area contributed by atoms with Crippen LogP contribution in [-0.2, 0) is 17.6 Å². The highest BCUT2D eigenvalue weighted by Crippen LogP contribution is 2.34. The molecule has 3 rings (SSSR count). The van der Waals surface area contributed by atoms with Crippen molar-refractivity contribution in [3.05, 3.63) is 62.7 Å². The van der Waals surface area contributed by atoms with Crippen LogP contribution >= 0.6 is 23.4 Å². The Balaban J connectivity index is 0.000000300. The Bertz CT molecular complexity index is 875. The zero-order chi connectivity index (χ0) is 20.5. The van der Waals surface area contributed by atoms with Gasteiger partial charge in [0.05, 0.1) is 15.7 Å². The van der Waals surface area contributed by atoms with Crippen molar-refractivity contribution in [1.82, 2.24) is 5.32 Å². The minimum atomic E-state index is -0.481. The molecule has 0 saturated carbocycles. The first kappa shape index (κ1) is 21.7. The predicted molar refractivity (Wildman–Crippen MR) is 110 cm³/mol. The average Bonchev–Trinajstić information content (AvgIpc) is 3.15. The summed E-state index contributed by atoms with van der Waals surface area (Å²) in [7, 11) is 1.53. The second kappa shape index (κ2) is 10.7. The van der Waals surface area contributed by atoms with Gasteiger partial charge in [-0.15, -0.1) is 0 Å². The number of benzene rings is 2. The van der Waals surface area contributed by atoms with Crippen LogP contribution in [0.15, 0.2) is 36.4 Å². The lowest BCUT2D eigenvalue weighted by Gasteiger charge is -2.09. The monoisotopic (exact) mass is 422 g/mol. The van der Waals surface area contributed by atoms with E-state index < -0.39 is 4.92 Å². The molecule has 0 heterocycles. The molecule has 1 aliphatic rings. The molecule has 0 spiro atoms. The number of carbonyl (C=O) groups is 2. The van der Waals surface area contributed by atoms with E-state index in [1.54, 1.807) is 0 Å². The number of aryl methyl sites for hydroxylation is 2. The molecule has 1 aliphatic carbocycles. The van der Waals surface area contributed by atoms with Crippen LogP contribution in [0, 0.1) is 10.1 Å². The first-order chi connectivity index (χ1) is 13.4. The van der Waals surface area contributed by atoms with Gasteiger partial charge in [0, 0.05) is 19.2 Å². The molecule has 0 atom stereocenters. The number of nitrogens with zero attached hydrogens (tertiary/aromatic N) is 1. The van der Waals surface area contributed by atoms with E-state index in [1.165, 1.54) is 42.8 Å². The third-order valence-electron chi connectivity index (χ3n) is 3.91. The summed E-state index contributed by atoms with van der Waals surface area (Å²) < 4.78 is 5.71.